The van der Waals surface area contributed by atoms with Crippen molar-refractivity contribution < 1.29 is 4.79 Å². The summed E-state index contributed by atoms with van der Waals surface area (Å²) in [5.41, 5.74) is 0. The Balaban J connectivity index is 0.00000121. The summed E-state index contributed by atoms with van der Waals surface area (Å²) >= 11 is 0. The highest BCUT2D eigenvalue weighted by Crippen LogP contribution is 2.06. The summed E-state index contributed by atoms with van der Waals surface area (Å²) in [5.74, 6) is 0.443. The quantitative estimate of drug-likeness (QED) is 0.686. The minimum Gasteiger partial charge on any atom is -0.356 e. The minimum atomic E-state index is 0. The monoisotopic (exact) mass is 192 g/mol. The summed E-state index contributed by atoms with van der Waals surface area (Å²) in [4.78, 5) is 11.3. The van der Waals surface area contributed by atoms with Crippen LogP contribution in [0.2, 0.25) is 0 Å². The van der Waals surface area contributed by atoms with Crippen molar-refractivity contribution in [3.8, 4) is 0 Å². The zero-order valence-electron chi connectivity index (χ0n) is 7.43. The lowest BCUT2D eigenvalue weighted by Crippen LogP contribution is -2.32. The van der Waals surface area contributed by atoms with Crippen molar-refractivity contribution in [2.45, 2.75) is 19.8 Å². The van der Waals surface area contributed by atoms with Crippen LogP contribution in [-0.2, 0) is 4.79 Å². The van der Waals surface area contributed by atoms with Gasteiger partial charge in [0.2, 0.25) is 5.91 Å². The summed E-state index contributed by atoms with van der Waals surface area (Å²) in [6, 6.07) is 0. The van der Waals surface area contributed by atoms with E-state index in [1.54, 1.807) is 0 Å². The molecule has 0 unspecified atom stereocenters. The van der Waals surface area contributed by atoms with Gasteiger partial charge in [0.15, 0.2) is 0 Å². The Labute approximate surface area is 79.7 Å². The molecule has 72 valence electrons. The molecular formula is C8H17ClN2O. The molecular weight excluding hydrogens is 176 g/mol. The van der Waals surface area contributed by atoms with Crippen LogP contribution in [0.1, 0.15) is 19.8 Å². The van der Waals surface area contributed by atoms with Gasteiger partial charge in [-0.2, -0.15) is 0 Å². The highest BCUT2D eigenvalue weighted by atomic mass is 35.5. The minimum absolute atomic E-state index is 0. The third kappa shape index (κ3) is 3.41. The normalized spacial score (nSPS) is 21.6. The van der Waals surface area contributed by atoms with Crippen molar-refractivity contribution in [2.75, 3.05) is 19.6 Å². The Kier molecular flexibility index (Phi) is 6.11. The van der Waals surface area contributed by atoms with Crippen LogP contribution in [-0.4, -0.2) is 25.5 Å². The van der Waals surface area contributed by atoms with Gasteiger partial charge in [-0.05, 0) is 19.4 Å². The van der Waals surface area contributed by atoms with Crippen LogP contribution in [0.25, 0.3) is 0 Å². The molecule has 1 atom stereocenters. The molecule has 1 heterocycles. The van der Waals surface area contributed by atoms with Gasteiger partial charge in [-0.1, -0.05) is 6.92 Å². The van der Waals surface area contributed by atoms with Crippen LogP contribution in [0.5, 0.6) is 0 Å². The van der Waals surface area contributed by atoms with Gasteiger partial charge in [-0.25, -0.2) is 0 Å². The van der Waals surface area contributed by atoms with E-state index in [0.717, 1.165) is 32.5 Å². The molecule has 1 saturated heterocycles. The van der Waals surface area contributed by atoms with Crippen molar-refractivity contribution in [1.82, 2.24) is 10.6 Å². The first-order chi connectivity index (χ1) is 5.34. The number of carbonyl (C=O) groups excluding carboxylic acids is 1. The van der Waals surface area contributed by atoms with Gasteiger partial charge in [-0.15, -0.1) is 12.4 Å². The summed E-state index contributed by atoms with van der Waals surface area (Å²) in [7, 11) is 0. The highest BCUT2D eigenvalue weighted by Gasteiger charge is 2.21. The van der Waals surface area contributed by atoms with Crippen LogP contribution in [0.3, 0.4) is 0 Å². The molecule has 12 heavy (non-hydrogen) atoms. The summed E-state index contributed by atoms with van der Waals surface area (Å²) in [6.45, 7) is 4.72. The van der Waals surface area contributed by atoms with E-state index in [1.807, 2.05) is 0 Å². The van der Waals surface area contributed by atoms with Crippen LogP contribution >= 0.6 is 12.4 Å². The predicted molar refractivity (Wildman–Crippen MR) is 51.5 cm³/mol. The smallest absolute Gasteiger partial charge is 0.224 e. The molecule has 3 nitrogen and oxygen atoms in total. The second-order valence-electron chi connectivity index (χ2n) is 2.98. The van der Waals surface area contributed by atoms with E-state index in [2.05, 4.69) is 17.6 Å². The molecule has 1 rings (SSSR count). The van der Waals surface area contributed by atoms with Crippen molar-refractivity contribution in [2.24, 2.45) is 5.92 Å². The summed E-state index contributed by atoms with van der Waals surface area (Å²) < 4.78 is 0. The fraction of sp³-hybridized carbons (Fsp3) is 0.875. The first-order valence-electron chi connectivity index (χ1n) is 4.33. The maximum Gasteiger partial charge on any atom is 0.224 e. The Bertz CT molecular complexity index is 135. The van der Waals surface area contributed by atoms with Gasteiger partial charge in [0.25, 0.3) is 0 Å². The molecule has 1 aliphatic rings. The first kappa shape index (κ1) is 11.7. The lowest BCUT2D eigenvalue weighted by Gasteiger charge is -2.07. The molecule has 0 saturated carbocycles. The topological polar surface area (TPSA) is 41.1 Å². The third-order valence-electron chi connectivity index (χ3n) is 1.98. The standard InChI is InChI=1S/C8H16N2O.ClH/c1-2-4-10-8(11)7-3-5-9-6-7;/h7,9H,2-6H2,1H3,(H,10,11);1H/t7-;/m1./s1. The summed E-state index contributed by atoms with van der Waals surface area (Å²) in [5, 5.41) is 6.06. The van der Waals surface area contributed by atoms with E-state index in [0.29, 0.717) is 0 Å². The largest absolute Gasteiger partial charge is 0.356 e. The highest BCUT2D eigenvalue weighted by molar-refractivity contribution is 5.85. The van der Waals surface area contributed by atoms with Gasteiger partial charge in [-0.3, -0.25) is 4.79 Å². The maximum absolute atomic E-state index is 11.3. The number of carbonyl (C=O) groups is 1. The van der Waals surface area contributed by atoms with Gasteiger partial charge in [0.1, 0.15) is 0 Å². The van der Waals surface area contributed by atoms with Gasteiger partial charge in [0, 0.05) is 13.1 Å². The molecule has 0 aromatic heterocycles. The van der Waals surface area contributed by atoms with Crippen LogP contribution in [0, 0.1) is 5.92 Å². The number of hydrogen-bond acceptors (Lipinski definition) is 2. The van der Waals surface area contributed by atoms with Crippen molar-refractivity contribution in [3.63, 3.8) is 0 Å². The van der Waals surface area contributed by atoms with E-state index in [1.165, 1.54) is 0 Å². The number of halogens is 1. The Hall–Kier alpha value is -0.280. The number of hydrogen-bond donors (Lipinski definition) is 2. The molecule has 1 fully saturated rings. The molecule has 0 radical (unpaired) electrons. The first-order valence-corrected chi connectivity index (χ1v) is 4.33. The summed E-state index contributed by atoms with van der Waals surface area (Å²) in [6.07, 6.45) is 2.02. The third-order valence-corrected chi connectivity index (χ3v) is 1.98. The molecule has 0 aliphatic carbocycles. The Morgan fingerprint density at radius 1 is 1.67 bits per heavy atom. The Morgan fingerprint density at radius 3 is 2.92 bits per heavy atom. The van der Waals surface area contributed by atoms with Gasteiger partial charge < -0.3 is 10.6 Å². The van der Waals surface area contributed by atoms with Crippen molar-refractivity contribution in [3.05, 3.63) is 0 Å². The molecule has 0 aromatic rings. The molecule has 1 aliphatic heterocycles. The number of rotatable bonds is 3. The van der Waals surface area contributed by atoms with E-state index >= 15 is 0 Å². The molecule has 0 spiro atoms. The second kappa shape index (κ2) is 6.26. The average molecular weight is 193 g/mol. The van der Waals surface area contributed by atoms with Gasteiger partial charge >= 0.3 is 0 Å². The maximum atomic E-state index is 11.3. The van der Waals surface area contributed by atoms with Crippen LogP contribution in [0.15, 0.2) is 0 Å². The number of nitrogens with one attached hydrogen (secondary N) is 2. The molecule has 2 N–H and O–H groups in total. The molecule has 0 bridgehead atoms. The van der Waals surface area contributed by atoms with Crippen molar-refractivity contribution in [1.29, 1.82) is 0 Å². The zero-order chi connectivity index (χ0) is 8.10. The van der Waals surface area contributed by atoms with E-state index in [4.69, 9.17) is 0 Å². The van der Waals surface area contributed by atoms with Crippen molar-refractivity contribution >= 4 is 18.3 Å². The zero-order valence-corrected chi connectivity index (χ0v) is 8.25. The lowest BCUT2D eigenvalue weighted by molar-refractivity contribution is -0.124. The van der Waals surface area contributed by atoms with E-state index in [9.17, 15) is 4.79 Å². The molecule has 1 amide bonds. The lowest BCUT2D eigenvalue weighted by atomic mass is 10.1. The molecule has 4 heteroatoms. The second-order valence-corrected chi connectivity index (χ2v) is 2.98. The van der Waals surface area contributed by atoms with Crippen LogP contribution in [0.4, 0.5) is 0 Å². The average Bonchev–Trinajstić information content (AvgIpc) is 2.52. The molecule has 0 aromatic carbocycles. The fourth-order valence-electron chi connectivity index (χ4n) is 1.27. The van der Waals surface area contributed by atoms with Crippen LogP contribution < -0.4 is 10.6 Å². The SMILES string of the molecule is CCCNC(=O)[C@@H]1CCNC1.Cl. The van der Waals surface area contributed by atoms with E-state index in [-0.39, 0.29) is 24.2 Å². The predicted octanol–water partition coefficient (Wildman–Crippen LogP) is 0.544. The fourth-order valence-corrected chi connectivity index (χ4v) is 1.27. The van der Waals surface area contributed by atoms with E-state index < -0.39 is 0 Å². The Morgan fingerprint density at radius 2 is 2.42 bits per heavy atom. The van der Waals surface area contributed by atoms with Gasteiger partial charge in [0.05, 0.1) is 5.92 Å². The number of amides is 1.